The number of hydrogen-bond donors (Lipinski definition) is 0. The number of halogens is 1. The van der Waals surface area contributed by atoms with Crippen LogP contribution in [0.25, 0.3) is 22.3 Å². The summed E-state index contributed by atoms with van der Waals surface area (Å²) in [7, 11) is 0. The standard InChI is InChI=1S/C20H15FN2O/c1-13-6-7-16(20(21)15-10-22-12-23-11-15)17(8-13)19-9-14-4-2-3-5-18(14)24-19/h2-12,20H,1H3. The monoisotopic (exact) mass is 318 g/mol. The van der Waals surface area contributed by atoms with Gasteiger partial charge in [0.1, 0.15) is 17.7 Å². The van der Waals surface area contributed by atoms with Crippen LogP contribution in [0.4, 0.5) is 4.39 Å². The smallest absolute Gasteiger partial charge is 0.154 e. The molecule has 0 fully saturated rings. The molecule has 0 N–H and O–H groups in total. The van der Waals surface area contributed by atoms with Crippen LogP contribution in [0.3, 0.4) is 0 Å². The predicted octanol–water partition coefficient (Wildman–Crippen LogP) is 5.26. The molecule has 1 atom stereocenters. The lowest BCUT2D eigenvalue weighted by Gasteiger charge is -2.13. The van der Waals surface area contributed by atoms with Crippen molar-refractivity contribution in [3.05, 3.63) is 83.9 Å². The van der Waals surface area contributed by atoms with Crippen LogP contribution in [0.1, 0.15) is 22.9 Å². The zero-order valence-electron chi connectivity index (χ0n) is 13.1. The summed E-state index contributed by atoms with van der Waals surface area (Å²) in [5.74, 6) is 0.661. The molecule has 3 nitrogen and oxygen atoms in total. The van der Waals surface area contributed by atoms with Gasteiger partial charge >= 0.3 is 0 Å². The molecule has 0 aliphatic rings. The molecule has 1 unspecified atom stereocenters. The highest BCUT2D eigenvalue weighted by Crippen LogP contribution is 2.37. The Morgan fingerprint density at radius 3 is 2.58 bits per heavy atom. The third kappa shape index (κ3) is 2.56. The van der Waals surface area contributed by atoms with Crippen molar-refractivity contribution in [3.8, 4) is 11.3 Å². The van der Waals surface area contributed by atoms with E-state index < -0.39 is 6.17 Å². The average Bonchev–Trinajstić information content (AvgIpc) is 3.06. The van der Waals surface area contributed by atoms with Crippen molar-refractivity contribution in [2.45, 2.75) is 13.1 Å². The van der Waals surface area contributed by atoms with Crippen LogP contribution in [0.5, 0.6) is 0 Å². The van der Waals surface area contributed by atoms with Gasteiger partial charge < -0.3 is 4.42 Å². The second-order valence-corrected chi connectivity index (χ2v) is 5.77. The zero-order valence-corrected chi connectivity index (χ0v) is 13.1. The number of hydrogen-bond acceptors (Lipinski definition) is 3. The molecule has 0 radical (unpaired) electrons. The van der Waals surface area contributed by atoms with Crippen molar-refractivity contribution < 1.29 is 8.81 Å². The molecular formula is C20H15FN2O. The van der Waals surface area contributed by atoms with Gasteiger partial charge in [0.25, 0.3) is 0 Å². The SMILES string of the molecule is Cc1ccc(C(F)c2cncnc2)c(-c2cc3ccccc3o2)c1. The van der Waals surface area contributed by atoms with Crippen molar-refractivity contribution in [2.24, 2.45) is 0 Å². The topological polar surface area (TPSA) is 38.9 Å². The Morgan fingerprint density at radius 1 is 1.00 bits per heavy atom. The largest absolute Gasteiger partial charge is 0.456 e. The van der Waals surface area contributed by atoms with Crippen molar-refractivity contribution in [1.29, 1.82) is 0 Å². The van der Waals surface area contributed by atoms with Gasteiger partial charge in [-0.2, -0.15) is 0 Å². The van der Waals surface area contributed by atoms with Gasteiger partial charge in [-0.05, 0) is 25.1 Å². The van der Waals surface area contributed by atoms with E-state index in [9.17, 15) is 0 Å². The Bertz CT molecular complexity index is 962. The van der Waals surface area contributed by atoms with E-state index in [-0.39, 0.29) is 0 Å². The summed E-state index contributed by atoms with van der Waals surface area (Å²) in [4.78, 5) is 7.82. The number of para-hydroxylation sites is 1. The Balaban J connectivity index is 1.87. The number of rotatable bonds is 3. The van der Waals surface area contributed by atoms with Crippen molar-refractivity contribution in [3.63, 3.8) is 0 Å². The maximum absolute atomic E-state index is 15.1. The first-order valence-corrected chi connectivity index (χ1v) is 7.71. The first kappa shape index (κ1) is 14.6. The number of benzene rings is 2. The highest BCUT2D eigenvalue weighted by molar-refractivity contribution is 5.83. The van der Waals surface area contributed by atoms with Gasteiger partial charge in [0.2, 0.25) is 0 Å². The van der Waals surface area contributed by atoms with E-state index in [1.165, 1.54) is 18.7 Å². The van der Waals surface area contributed by atoms with E-state index in [0.29, 0.717) is 16.9 Å². The van der Waals surface area contributed by atoms with Crippen LogP contribution in [-0.2, 0) is 0 Å². The predicted molar refractivity (Wildman–Crippen MR) is 91.4 cm³/mol. The number of alkyl halides is 1. The Morgan fingerprint density at radius 2 is 1.79 bits per heavy atom. The first-order chi connectivity index (χ1) is 11.7. The fourth-order valence-corrected chi connectivity index (χ4v) is 2.84. The Kier molecular flexibility index (Phi) is 3.58. The van der Waals surface area contributed by atoms with Crippen LogP contribution in [0.15, 0.2) is 71.7 Å². The van der Waals surface area contributed by atoms with E-state index in [1.54, 1.807) is 6.07 Å². The molecule has 0 amide bonds. The second kappa shape index (κ2) is 5.89. The minimum absolute atomic E-state index is 0.429. The molecule has 0 aliphatic carbocycles. The molecular weight excluding hydrogens is 303 g/mol. The molecule has 0 saturated carbocycles. The lowest BCUT2D eigenvalue weighted by Crippen LogP contribution is -1.99. The zero-order chi connectivity index (χ0) is 16.5. The fraction of sp³-hybridized carbons (Fsp3) is 0.100. The second-order valence-electron chi connectivity index (χ2n) is 5.77. The molecule has 0 saturated heterocycles. The Labute approximate surface area is 138 Å². The minimum Gasteiger partial charge on any atom is -0.456 e. The van der Waals surface area contributed by atoms with Crippen LogP contribution >= 0.6 is 0 Å². The van der Waals surface area contributed by atoms with E-state index >= 15 is 4.39 Å². The van der Waals surface area contributed by atoms with Gasteiger partial charge in [-0.1, -0.05) is 35.9 Å². The summed E-state index contributed by atoms with van der Waals surface area (Å²) < 4.78 is 21.0. The molecule has 0 aliphatic heterocycles. The summed E-state index contributed by atoms with van der Waals surface area (Å²) in [6.45, 7) is 1.98. The highest BCUT2D eigenvalue weighted by atomic mass is 19.1. The molecule has 24 heavy (non-hydrogen) atoms. The normalized spacial score (nSPS) is 12.4. The van der Waals surface area contributed by atoms with Crippen LogP contribution in [-0.4, -0.2) is 9.97 Å². The maximum atomic E-state index is 15.1. The molecule has 4 rings (SSSR count). The molecule has 2 aromatic heterocycles. The van der Waals surface area contributed by atoms with Gasteiger partial charge in [0.05, 0.1) is 0 Å². The van der Waals surface area contributed by atoms with E-state index in [4.69, 9.17) is 4.42 Å². The van der Waals surface area contributed by atoms with Gasteiger partial charge in [-0.15, -0.1) is 0 Å². The van der Waals surface area contributed by atoms with Gasteiger partial charge in [-0.3, -0.25) is 0 Å². The third-order valence-corrected chi connectivity index (χ3v) is 4.05. The quantitative estimate of drug-likeness (QED) is 0.517. The molecule has 4 aromatic rings. The summed E-state index contributed by atoms with van der Waals surface area (Å²) in [5, 5.41) is 0.999. The molecule has 118 valence electrons. The number of aromatic nitrogens is 2. The van der Waals surface area contributed by atoms with Crippen LogP contribution in [0.2, 0.25) is 0 Å². The Hall–Kier alpha value is -3.01. The summed E-state index contributed by atoms with van der Waals surface area (Å²) in [5.41, 5.74) is 3.57. The minimum atomic E-state index is -1.31. The lowest BCUT2D eigenvalue weighted by molar-refractivity contribution is 0.400. The molecule has 2 aromatic carbocycles. The number of furan rings is 1. The van der Waals surface area contributed by atoms with Crippen molar-refractivity contribution in [2.75, 3.05) is 0 Å². The average molecular weight is 318 g/mol. The molecule has 0 bridgehead atoms. The molecule has 0 spiro atoms. The summed E-state index contributed by atoms with van der Waals surface area (Å²) in [6.07, 6.45) is 3.08. The number of aryl methyl sites for hydroxylation is 1. The third-order valence-electron chi connectivity index (χ3n) is 4.05. The van der Waals surface area contributed by atoms with Gasteiger partial charge in [0, 0.05) is 34.5 Å². The number of nitrogens with zero attached hydrogens (tertiary/aromatic N) is 2. The molecule has 4 heteroatoms. The van der Waals surface area contributed by atoms with Crippen LogP contribution in [0, 0.1) is 6.92 Å². The van der Waals surface area contributed by atoms with E-state index in [1.807, 2.05) is 49.4 Å². The molecule has 2 heterocycles. The van der Waals surface area contributed by atoms with Crippen LogP contribution < -0.4 is 0 Å². The fourth-order valence-electron chi connectivity index (χ4n) is 2.84. The van der Waals surface area contributed by atoms with E-state index in [0.717, 1.165) is 22.1 Å². The van der Waals surface area contributed by atoms with Crippen molar-refractivity contribution >= 4 is 11.0 Å². The van der Waals surface area contributed by atoms with Gasteiger partial charge in [-0.25, -0.2) is 14.4 Å². The first-order valence-electron chi connectivity index (χ1n) is 7.71. The number of fused-ring (bicyclic) bond motifs is 1. The summed E-state index contributed by atoms with van der Waals surface area (Å²) in [6, 6.07) is 15.4. The lowest BCUT2D eigenvalue weighted by atomic mass is 9.96. The van der Waals surface area contributed by atoms with Gasteiger partial charge in [0.15, 0.2) is 6.17 Å². The maximum Gasteiger partial charge on any atom is 0.154 e. The highest BCUT2D eigenvalue weighted by Gasteiger charge is 2.20. The van der Waals surface area contributed by atoms with Crippen molar-refractivity contribution in [1.82, 2.24) is 9.97 Å². The van der Waals surface area contributed by atoms with E-state index in [2.05, 4.69) is 9.97 Å². The summed E-state index contributed by atoms with van der Waals surface area (Å²) >= 11 is 0.